The van der Waals surface area contributed by atoms with Crippen molar-refractivity contribution in [3.8, 4) is 11.6 Å². The molecule has 0 bridgehead atoms. The molecule has 0 amide bonds. The Kier molecular flexibility index (Phi) is 3.54. The number of ether oxygens (including phenoxy) is 1. The number of aryl methyl sites for hydroxylation is 1. The first-order valence-electron chi connectivity index (χ1n) is 4.92. The maximum Gasteiger partial charge on any atom is 0.233 e. The molecule has 2 rings (SSSR count). The van der Waals surface area contributed by atoms with Crippen molar-refractivity contribution in [2.24, 2.45) is 0 Å². The second-order valence-electron chi connectivity index (χ2n) is 3.53. The van der Waals surface area contributed by atoms with Crippen LogP contribution in [-0.4, -0.2) is 4.98 Å². The van der Waals surface area contributed by atoms with Crippen molar-refractivity contribution >= 4 is 33.2 Å². The maximum atomic E-state index is 5.89. The second kappa shape index (κ2) is 4.94. The highest BCUT2D eigenvalue weighted by molar-refractivity contribution is 9.10. The number of halogens is 2. The third-order valence-electron chi connectivity index (χ3n) is 2.23. The summed E-state index contributed by atoms with van der Waals surface area (Å²) in [7, 11) is 0. The Morgan fingerprint density at radius 3 is 2.88 bits per heavy atom. The molecule has 5 heteroatoms. The number of pyridine rings is 1. The molecule has 2 N–H and O–H groups in total. The fraction of sp³-hybridized carbons (Fsp3) is 0.0833. The lowest BCUT2D eigenvalue weighted by atomic mass is 10.3. The number of nitrogens with zero attached hydrogens (tertiary/aromatic N) is 1. The quantitative estimate of drug-likeness (QED) is 0.846. The predicted molar refractivity (Wildman–Crippen MR) is 72.6 cm³/mol. The third-order valence-corrected chi connectivity index (χ3v) is 3.43. The first-order chi connectivity index (χ1) is 8.08. The van der Waals surface area contributed by atoms with E-state index in [0.29, 0.717) is 22.3 Å². The van der Waals surface area contributed by atoms with Gasteiger partial charge in [0.15, 0.2) is 5.75 Å². The fourth-order valence-corrected chi connectivity index (χ4v) is 1.76. The van der Waals surface area contributed by atoms with Crippen molar-refractivity contribution in [1.29, 1.82) is 0 Å². The topological polar surface area (TPSA) is 48.1 Å². The minimum Gasteiger partial charge on any atom is -0.436 e. The minimum atomic E-state index is 0.471. The molecule has 0 radical (unpaired) electrons. The zero-order valence-electron chi connectivity index (χ0n) is 9.08. The molecule has 0 saturated carbocycles. The van der Waals surface area contributed by atoms with Crippen LogP contribution >= 0.6 is 27.5 Å². The van der Waals surface area contributed by atoms with Gasteiger partial charge in [-0.05, 0) is 46.6 Å². The van der Waals surface area contributed by atoms with Gasteiger partial charge >= 0.3 is 0 Å². The van der Waals surface area contributed by atoms with Gasteiger partial charge in [-0.3, -0.25) is 0 Å². The number of nitrogen functional groups attached to an aromatic ring is 1. The van der Waals surface area contributed by atoms with Gasteiger partial charge in [-0.2, -0.15) is 0 Å². The van der Waals surface area contributed by atoms with Crippen LogP contribution in [0.15, 0.2) is 34.9 Å². The largest absolute Gasteiger partial charge is 0.436 e. The van der Waals surface area contributed by atoms with Crippen LogP contribution in [0.1, 0.15) is 5.56 Å². The van der Waals surface area contributed by atoms with E-state index in [1.165, 1.54) is 0 Å². The van der Waals surface area contributed by atoms with Crippen LogP contribution in [0.3, 0.4) is 0 Å². The van der Waals surface area contributed by atoms with E-state index in [-0.39, 0.29) is 0 Å². The monoisotopic (exact) mass is 312 g/mol. The zero-order chi connectivity index (χ0) is 12.4. The normalized spacial score (nSPS) is 10.3. The first-order valence-corrected chi connectivity index (χ1v) is 6.09. The van der Waals surface area contributed by atoms with Gasteiger partial charge in [0.1, 0.15) is 0 Å². The fourth-order valence-electron chi connectivity index (χ4n) is 1.29. The van der Waals surface area contributed by atoms with Crippen molar-refractivity contribution in [3.63, 3.8) is 0 Å². The lowest BCUT2D eigenvalue weighted by molar-refractivity contribution is 0.461. The van der Waals surface area contributed by atoms with Crippen LogP contribution in [0.4, 0.5) is 5.69 Å². The van der Waals surface area contributed by atoms with E-state index in [1.807, 2.05) is 13.0 Å². The molecule has 0 aliphatic rings. The molecular formula is C12H10BrClN2O. The zero-order valence-corrected chi connectivity index (χ0v) is 11.4. The van der Waals surface area contributed by atoms with Crippen LogP contribution in [0.5, 0.6) is 11.6 Å². The van der Waals surface area contributed by atoms with Crippen molar-refractivity contribution in [1.82, 2.24) is 4.98 Å². The Morgan fingerprint density at radius 1 is 1.35 bits per heavy atom. The molecule has 0 saturated heterocycles. The molecule has 0 unspecified atom stereocenters. The Labute approximate surface area is 113 Å². The van der Waals surface area contributed by atoms with E-state index < -0.39 is 0 Å². The molecule has 0 aliphatic heterocycles. The lowest BCUT2D eigenvalue weighted by Gasteiger charge is -2.10. The Hall–Kier alpha value is -1.26. The highest BCUT2D eigenvalue weighted by Gasteiger charge is 2.09. The highest BCUT2D eigenvalue weighted by Crippen LogP contribution is 2.33. The van der Waals surface area contributed by atoms with Crippen molar-refractivity contribution in [2.75, 3.05) is 5.73 Å². The molecule has 3 nitrogen and oxygen atoms in total. The van der Waals surface area contributed by atoms with Gasteiger partial charge < -0.3 is 10.5 Å². The summed E-state index contributed by atoms with van der Waals surface area (Å²) in [5.74, 6) is 0.968. The van der Waals surface area contributed by atoms with E-state index in [0.717, 1.165) is 10.0 Å². The maximum absolute atomic E-state index is 5.89. The molecule has 1 aromatic heterocycles. The summed E-state index contributed by atoms with van der Waals surface area (Å²) in [5, 5.41) is 0.568. The molecule has 1 aromatic carbocycles. The van der Waals surface area contributed by atoms with E-state index in [4.69, 9.17) is 22.1 Å². The van der Waals surface area contributed by atoms with Crippen LogP contribution in [0, 0.1) is 6.92 Å². The predicted octanol–water partition coefficient (Wildman–Crippen LogP) is 4.18. The summed E-state index contributed by atoms with van der Waals surface area (Å²) in [6.45, 7) is 1.96. The van der Waals surface area contributed by atoms with Crippen molar-refractivity contribution in [2.45, 2.75) is 6.92 Å². The second-order valence-corrected chi connectivity index (χ2v) is 4.76. The van der Waals surface area contributed by atoms with Gasteiger partial charge in [0.25, 0.3) is 0 Å². The van der Waals surface area contributed by atoms with E-state index in [2.05, 4.69) is 20.9 Å². The summed E-state index contributed by atoms with van der Waals surface area (Å²) < 4.78 is 6.44. The SMILES string of the molecule is Cc1ccnc(Oc2cc(Cl)ccc2N)c1Br. The molecule has 0 aliphatic carbocycles. The van der Waals surface area contributed by atoms with Crippen LogP contribution in [0.25, 0.3) is 0 Å². The number of aromatic nitrogens is 1. The summed E-state index contributed by atoms with van der Waals surface area (Å²) in [6.07, 6.45) is 1.68. The van der Waals surface area contributed by atoms with E-state index >= 15 is 0 Å². The molecule has 17 heavy (non-hydrogen) atoms. The molecule has 1 heterocycles. The lowest BCUT2D eigenvalue weighted by Crippen LogP contribution is -1.95. The molecule has 0 spiro atoms. The number of benzene rings is 1. The standard InChI is InChI=1S/C12H10BrClN2O/c1-7-4-5-16-12(11(7)13)17-10-6-8(14)2-3-9(10)15/h2-6H,15H2,1H3. The average molecular weight is 314 g/mol. The number of anilines is 1. The number of rotatable bonds is 2. The minimum absolute atomic E-state index is 0.471. The van der Waals surface area contributed by atoms with Gasteiger partial charge in [-0.25, -0.2) is 4.98 Å². The van der Waals surface area contributed by atoms with Crippen molar-refractivity contribution < 1.29 is 4.74 Å². The first kappa shape index (κ1) is 12.2. The van der Waals surface area contributed by atoms with E-state index in [9.17, 15) is 0 Å². The summed E-state index contributed by atoms with van der Waals surface area (Å²) in [5.41, 5.74) is 7.35. The Balaban J connectivity index is 2.38. The molecule has 2 aromatic rings. The van der Waals surface area contributed by atoms with Gasteiger partial charge in [-0.15, -0.1) is 0 Å². The van der Waals surface area contributed by atoms with Gasteiger partial charge in [0.2, 0.25) is 5.88 Å². The summed E-state index contributed by atoms with van der Waals surface area (Å²) in [4.78, 5) is 4.14. The van der Waals surface area contributed by atoms with Crippen LogP contribution in [0.2, 0.25) is 5.02 Å². The molecule has 88 valence electrons. The highest BCUT2D eigenvalue weighted by atomic mass is 79.9. The summed E-state index contributed by atoms with van der Waals surface area (Å²) in [6, 6.07) is 6.95. The summed E-state index contributed by atoms with van der Waals surface area (Å²) >= 11 is 9.31. The molecular weight excluding hydrogens is 304 g/mol. The smallest absolute Gasteiger partial charge is 0.233 e. The number of hydrogen-bond acceptors (Lipinski definition) is 3. The molecule has 0 fully saturated rings. The van der Waals surface area contributed by atoms with Gasteiger partial charge in [0.05, 0.1) is 10.2 Å². The number of nitrogens with two attached hydrogens (primary N) is 1. The third kappa shape index (κ3) is 2.70. The average Bonchev–Trinajstić information content (AvgIpc) is 2.30. The van der Waals surface area contributed by atoms with Crippen LogP contribution in [-0.2, 0) is 0 Å². The van der Waals surface area contributed by atoms with Crippen molar-refractivity contribution in [3.05, 3.63) is 45.5 Å². The van der Waals surface area contributed by atoms with Gasteiger partial charge in [-0.1, -0.05) is 11.6 Å². The van der Waals surface area contributed by atoms with Gasteiger partial charge in [0, 0.05) is 17.3 Å². The van der Waals surface area contributed by atoms with Crippen LogP contribution < -0.4 is 10.5 Å². The Morgan fingerprint density at radius 2 is 2.12 bits per heavy atom. The van der Waals surface area contributed by atoms with E-state index in [1.54, 1.807) is 24.4 Å². The number of hydrogen-bond donors (Lipinski definition) is 1. The molecule has 0 atom stereocenters. The Bertz CT molecular complexity index is 560.